The first kappa shape index (κ1) is 16.5. The summed E-state index contributed by atoms with van der Waals surface area (Å²) in [6.07, 6.45) is 2.43. The summed E-state index contributed by atoms with van der Waals surface area (Å²) in [4.78, 5) is 23.6. The summed E-state index contributed by atoms with van der Waals surface area (Å²) in [6.45, 7) is 2.21. The minimum atomic E-state index is -0.862. The molecule has 0 radical (unpaired) electrons. The minimum Gasteiger partial charge on any atom is -0.454 e. The molecule has 0 atom stereocenters. The van der Waals surface area contributed by atoms with E-state index in [1.165, 1.54) is 11.8 Å². The van der Waals surface area contributed by atoms with Gasteiger partial charge in [0.25, 0.3) is 0 Å². The summed E-state index contributed by atoms with van der Waals surface area (Å²) >= 11 is 0. The van der Waals surface area contributed by atoms with Crippen molar-refractivity contribution in [3.63, 3.8) is 0 Å². The highest BCUT2D eigenvalue weighted by molar-refractivity contribution is 6.39. The number of aryl methyl sites for hydroxylation is 1. The summed E-state index contributed by atoms with van der Waals surface area (Å²) in [5.74, 6) is -0.565. The van der Waals surface area contributed by atoms with E-state index in [0.29, 0.717) is 17.2 Å². The topological polar surface area (TPSA) is 89.0 Å². The van der Waals surface area contributed by atoms with Crippen LogP contribution in [0.25, 0.3) is 0 Å². The van der Waals surface area contributed by atoms with E-state index in [0.717, 1.165) is 12.0 Å². The highest BCUT2D eigenvalue weighted by atomic mass is 16.7. The first-order valence-corrected chi connectivity index (χ1v) is 7.78. The maximum Gasteiger partial charge on any atom is 0.329 e. The number of hydrogen-bond donors (Lipinski definition) is 2. The largest absolute Gasteiger partial charge is 0.454 e. The second kappa shape index (κ2) is 7.48. The molecule has 0 saturated heterocycles. The van der Waals surface area contributed by atoms with Gasteiger partial charge < -0.3 is 14.8 Å². The Morgan fingerprint density at radius 1 is 1.08 bits per heavy atom. The number of hydrogen-bond acceptors (Lipinski definition) is 5. The van der Waals surface area contributed by atoms with Gasteiger partial charge in [-0.25, -0.2) is 5.43 Å². The van der Waals surface area contributed by atoms with Crippen molar-refractivity contribution in [2.45, 2.75) is 13.3 Å². The van der Waals surface area contributed by atoms with Crippen LogP contribution in [0.1, 0.15) is 18.1 Å². The number of amides is 2. The maximum absolute atomic E-state index is 11.9. The van der Waals surface area contributed by atoms with E-state index in [1.807, 2.05) is 24.3 Å². The predicted molar refractivity (Wildman–Crippen MR) is 92.8 cm³/mol. The van der Waals surface area contributed by atoms with Crippen LogP contribution in [0.3, 0.4) is 0 Å². The summed E-state index contributed by atoms with van der Waals surface area (Å²) in [7, 11) is 0. The van der Waals surface area contributed by atoms with Gasteiger partial charge in [-0.2, -0.15) is 5.10 Å². The highest BCUT2D eigenvalue weighted by Gasteiger charge is 2.17. The molecule has 0 aromatic heterocycles. The van der Waals surface area contributed by atoms with Gasteiger partial charge in [-0.15, -0.1) is 0 Å². The average Bonchev–Trinajstić information content (AvgIpc) is 3.10. The highest BCUT2D eigenvalue weighted by Crippen LogP contribution is 2.34. The van der Waals surface area contributed by atoms with Crippen LogP contribution in [0.15, 0.2) is 47.6 Å². The van der Waals surface area contributed by atoms with E-state index in [4.69, 9.17) is 9.47 Å². The third-order valence-corrected chi connectivity index (χ3v) is 3.60. The Kier molecular flexibility index (Phi) is 4.94. The van der Waals surface area contributed by atoms with E-state index in [-0.39, 0.29) is 6.79 Å². The van der Waals surface area contributed by atoms with E-state index >= 15 is 0 Å². The van der Waals surface area contributed by atoms with E-state index < -0.39 is 11.8 Å². The monoisotopic (exact) mass is 339 g/mol. The molecule has 7 nitrogen and oxygen atoms in total. The number of hydrazone groups is 1. The number of carbonyl (C=O) groups excluding carboxylic acids is 2. The predicted octanol–water partition coefficient (Wildman–Crippen LogP) is 2.07. The third kappa shape index (κ3) is 4.14. The van der Waals surface area contributed by atoms with Crippen LogP contribution in [0.2, 0.25) is 0 Å². The van der Waals surface area contributed by atoms with E-state index in [1.54, 1.807) is 18.2 Å². The van der Waals surface area contributed by atoms with Crippen LogP contribution in [0.5, 0.6) is 11.5 Å². The first-order valence-electron chi connectivity index (χ1n) is 7.78. The van der Waals surface area contributed by atoms with Gasteiger partial charge in [0.15, 0.2) is 11.5 Å². The van der Waals surface area contributed by atoms with Gasteiger partial charge in [0.05, 0.1) is 6.21 Å². The Morgan fingerprint density at radius 2 is 1.84 bits per heavy atom. The fraction of sp³-hybridized carbons (Fsp3) is 0.167. The number of ether oxygens (including phenoxy) is 2. The quantitative estimate of drug-likeness (QED) is 0.507. The number of fused-ring (bicyclic) bond motifs is 1. The molecule has 0 unspecified atom stereocenters. The Balaban J connectivity index is 1.53. The van der Waals surface area contributed by atoms with Gasteiger partial charge in [-0.3, -0.25) is 9.59 Å². The Bertz CT molecular complexity index is 816. The number of benzene rings is 2. The SMILES string of the molecule is CCc1ccc(/C=N\NC(=O)C(=O)Nc2ccc3c(c2)OCO3)cc1. The fourth-order valence-electron chi connectivity index (χ4n) is 2.22. The molecular weight excluding hydrogens is 322 g/mol. The van der Waals surface area contributed by atoms with Gasteiger partial charge in [0.2, 0.25) is 6.79 Å². The number of nitrogens with zero attached hydrogens (tertiary/aromatic N) is 1. The lowest BCUT2D eigenvalue weighted by Gasteiger charge is -2.05. The number of nitrogens with one attached hydrogen (secondary N) is 2. The molecular formula is C18H17N3O4. The molecule has 0 fully saturated rings. The molecule has 0 spiro atoms. The average molecular weight is 339 g/mol. The number of carbonyl (C=O) groups is 2. The lowest BCUT2D eigenvalue weighted by Crippen LogP contribution is -2.32. The van der Waals surface area contributed by atoms with Crippen LogP contribution in [-0.4, -0.2) is 24.8 Å². The zero-order valence-corrected chi connectivity index (χ0v) is 13.6. The first-order chi connectivity index (χ1) is 12.2. The van der Waals surface area contributed by atoms with E-state index in [9.17, 15) is 9.59 Å². The molecule has 7 heteroatoms. The number of anilines is 1. The van der Waals surface area contributed by atoms with Crippen LogP contribution in [-0.2, 0) is 16.0 Å². The van der Waals surface area contributed by atoms with Crippen molar-refractivity contribution in [1.82, 2.24) is 5.43 Å². The maximum atomic E-state index is 11.9. The Labute approximate surface area is 144 Å². The zero-order chi connectivity index (χ0) is 17.6. The second-order valence-corrected chi connectivity index (χ2v) is 5.32. The third-order valence-electron chi connectivity index (χ3n) is 3.60. The Morgan fingerprint density at radius 3 is 2.60 bits per heavy atom. The van der Waals surface area contributed by atoms with Gasteiger partial charge in [0.1, 0.15) is 0 Å². The molecule has 1 aliphatic heterocycles. The molecule has 1 heterocycles. The van der Waals surface area contributed by atoms with Crippen molar-refractivity contribution in [3.8, 4) is 11.5 Å². The van der Waals surface area contributed by atoms with Crippen LogP contribution in [0, 0.1) is 0 Å². The van der Waals surface area contributed by atoms with Crippen molar-refractivity contribution < 1.29 is 19.1 Å². The van der Waals surface area contributed by atoms with Crippen molar-refractivity contribution in [1.29, 1.82) is 0 Å². The summed E-state index contributed by atoms with van der Waals surface area (Å²) in [5, 5.41) is 6.26. The summed E-state index contributed by atoms with van der Waals surface area (Å²) in [5.41, 5.74) is 4.67. The molecule has 0 saturated carbocycles. The summed E-state index contributed by atoms with van der Waals surface area (Å²) < 4.78 is 10.4. The molecule has 2 amide bonds. The van der Waals surface area contributed by atoms with Crippen LogP contribution < -0.4 is 20.2 Å². The smallest absolute Gasteiger partial charge is 0.329 e. The van der Waals surface area contributed by atoms with Crippen LogP contribution >= 0.6 is 0 Å². The zero-order valence-electron chi connectivity index (χ0n) is 13.6. The standard InChI is InChI=1S/C18H17N3O4/c1-2-12-3-5-13(6-4-12)10-19-21-18(23)17(22)20-14-7-8-15-16(9-14)25-11-24-15/h3-10H,2,11H2,1H3,(H,20,22)(H,21,23)/b19-10-. The van der Waals surface area contributed by atoms with Crippen molar-refractivity contribution in [2.75, 3.05) is 12.1 Å². The molecule has 2 N–H and O–H groups in total. The van der Waals surface area contributed by atoms with Gasteiger partial charge in [-0.1, -0.05) is 31.2 Å². The molecule has 128 valence electrons. The van der Waals surface area contributed by atoms with Crippen molar-refractivity contribution in [2.24, 2.45) is 5.10 Å². The van der Waals surface area contributed by atoms with Crippen molar-refractivity contribution >= 4 is 23.7 Å². The minimum absolute atomic E-state index is 0.140. The van der Waals surface area contributed by atoms with E-state index in [2.05, 4.69) is 22.8 Å². The lowest BCUT2D eigenvalue weighted by molar-refractivity contribution is -0.136. The molecule has 0 aliphatic carbocycles. The normalized spacial score (nSPS) is 12.2. The summed E-state index contributed by atoms with van der Waals surface area (Å²) in [6, 6.07) is 12.6. The molecule has 1 aliphatic rings. The van der Waals surface area contributed by atoms with Crippen LogP contribution in [0.4, 0.5) is 5.69 Å². The molecule has 0 bridgehead atoms. The number of rotatable bonds is 4. The molecule has 3 rings (SSSR count). The lowest BCUT2D eigenvalue weighted by atomic mass is 10.1. The molecule has 2 aromatic rings. The molecule has 2 aromatic carbocycles. The van der Waals surface area contributed by atoms with Gasteiger partial charge >= 0.3 is 11.8 Å². The van der Waals surface area contributed by atoms with Gasteiger partial charge in [0, 0.05) is 11.8 Å². The van der Waals surface area contributed by atoms with Gasteiger partial charge in [-0.05, 0) is 29.7 Å². The van der Waals surface area contributed by atoms with Crippen molar-refractivity contribution in [3.05, 3.63) is 53.6 Å². The molecule has 25 heavy (non-hydrogen) atoms. The second-order valence-electron chi connectivity index (χ2n) is 5.32. The Hall–Kier alpha value is -3.35. The fourth-order valence-corrected chi connectivity index (χ4v) is 2.22.